The summed E-state index contributed by atoms with van der Waals surface area (Å²) in [5, 5.41) is 84.6. The van der Waals surface area contributed by atoms with Crippen molar-refractivity contribution in [3.63, 3.8) is 0 Å². The number of benzene rings is 8. The first-order valence-electron chi connectivity index (χ1n) is 42.5. The lowest BCUT2D eigenvalue weighted by molar-refractivity contribution is -0.345. The van der Waals surface area contributed by atoms with Crippen molar-refractivity contribution in [2.45, 2.75) is 222 Å². The third-order valence-electron chi connectivity index (χ3n) is 28.4. The van der Waals surface area contributed by atoms with Gasteiger partial charge in [-0.05, 0) is 144 Å². The molecule has 2 saturated heterocycles. The molecule has 6 aliphatic carbocycles. The van der Waals surface area contributed by atoms with E-state index in [0.29, 0.717) is 29.3 Å². The van der Waals surface area contributed by atoms with E-state index in [-0.39, 0.29) is 68.6 Å². The van der Waals surface area contributed by atoms with Crippen LogP contribution < -0.4 is 0 Å². The van der Waals surface area contributed by atoms with Crippen LogP contribution in [0.3, 0.4) is 0 Å². The zero-order valence-electron chi connectivity index (χ0n) is 71.3. The smallest absolute Gasteiger partial charge is 0.338 e. The normalized spacial score (nSPS) is 31.1. The van der Waals surface area contributed by atoms with Crippen LogP contribution in [0.5, 0.6) is 0 Å². The first kappa shape index (κ1) is 92.5. The van der Waals surface area contributed by atoms with Crippen LogP contribution >= 0.6 is 11.1 Å². The van der Waals surface area contributed by atoms with Gasteiger partial charge >= 0.3 is 23.9 Å². The number of Topliss-reactive ketones (excluding diaryl/α,β-unsaturated/α-hetero) is 2. The number of halogens is 1. The molecule has 2 aliphatic heterocycles. The van der Waals surface area contributed by atoms with Crippen LogP contribution in [0.4, 0.5) is 0 Å². The van der Waals surface area contributed by atoms with Crippen molar-refractivity contribution >= 4 is 62.2 Å². The molecule has 0 amide bonds. The minimum atomic E-state index is -3.22. The van der Waals surface area contributed by atoms with E-state index >= 15 is 4.79 Å². The van der Waals surface area contributed by atoms with Crippen molar-refractivity contribution in [1.29, 1.82) is 0 Å². The average Bonchev–Trinajstić information content (AvgIpc) is 0.671. The van der Waals surface area contributed by atoms with Crippen molar-refractivity contribution in [1.82, 2.24) is 0 Å². The zero-order chi connectivity index (χ0) is 88.0. The maximum atomic E-state index is 15.9. The van der Waals surface area contributed by atoms with Gasteiger partial charge in [0, 0.05) is 50.4 Å². The first-order chi connectivity index (χ1) is 58.4. The Labute approximate surface area is 733 Å². The molecule has 16 rings (SSSR count). The number of rotatable bonds is 20. The minimum Gasteiger partial charge on any atom is -0.455 e. The van der Waals surface area contributed by atoms with Gasteiger partial charge in [-0.3, -0.25) is 19.2 Å². The number of esters is 4. The maximum Gasteiger partial charge on any atom is 0.338 e. The van der Waals surface area contributed by atoms with Crippen LogP contribution in [0.25, 0.3) is 0 Å². The summed E-state index contributed by atoms with van der Waals surface area (Å²) in [5.74, 6) is -6.98. The Morgan fingerprint density at radius 2 is 0.710 bits per heavy atom. The Hall–Kier alpha value is -9.22. The molecule has 124 heavy (non-hydrogen) atoms. The number of carbonyl (C=O) groups is 6. The molecular weight excluding hydrogens is 1620 g/mol. The Balaban J connectivity index is 0.000000178. The molecule has 8 aromatic rings. The van der Waals surface area contributed by atoms with Gasteiger partial charge in [0.25, 0.3) is 0 Å². The van der Waals surface area contributed by atoms with E-state index in [4.69, 9.17) is 43.9 Å². The summed E-state index contributed by atoms with van der Waals surface area (Å²) < 4.78 is 44.9. The molecular formula is C101H117ClO20Si2. The van der Waals surface area contributed by atoms with E-state index in [1.807, 2.05) is 54.6 Å². The maximum absolute atomic E-state index is 15.9. The molecule has 23 heteroatoms. The number of ether oxygens (including phenoxy) is 6. The van der Waals surface area contributed by atoms with Gasteiger partial charge in [-0.1, -0.05) is 254 Å². The van der Waals surface area contributed by atoms with Gasteiger partial charge in [-0.2, -0.15) is 11.1 Å². The first-order valence-corrected chi connectivity index (χ1v) is 48.7. The predicted molar refractivity (Wildman–Crippen MR) is 474 cm³/mol. The highest BCUT2D eigenvalue weighted by atomic mass is 35.6. The van der Waals surface area contributed by atoms with Gasteiger partial charge in [0.2, 0.25) is 8.32 Å². The predicted octanol–water partition coefficient (Wildman–Crippen LogP) is 13.6. The van der Waals surface area contributed by atoms with E-state index < -0.39 is 168 Å². The molecule has 8 aromatic carbocycles. The van der Waals surface area contributed by atoms with Crippen LogP contribution in [0.15, 0.2) is 265 Å². The molecule has 2 heterocycles. The molecule has 4 saturated carbocycles. The van der Waals surface area contributed by atoms with Crippen LogP contribution in [0.1, 0.15) is 156 Å². The third-order valence-corrected chi connectivity index (χ3v) is 36.7. The lowest BCUT2D eigenvalue weighted by Gasteiger charge is -2.68. The lowest BCUT2D eigenvalue weighted by Crippen LogP contribution is -2.82. The molecule has 20 nitrogen and oxygen atoms in total. The molecule has 6 fully saturated rings. The van der Waals surface area contributed by atoms with Gasteiger partial charge in [0.1, 0.15) is 47.8 Å². The summed E-state index contributed by atoms with van der Waals surface area (Å²) in [6, 6.07) is 83.5. The fourth-order valence-corrected chi connectivity index (χ4v) is 31.2. The van der Waals surface area contributed by atoms with Crippen LogP contribution in [-0.4, -0.2) is 184 Å². The molecule has 4 bridgehead atoms. The van der Waals surface area contributed by atoms with E-state index in [1.54, 1.807) is 97.0 Å². The number of hydrogen-bond acceptors (Lipinski definition) is 20. The molecule has 2 unspecified atom stereocenters. The number of aliphatic hydroxyl groups is 7. The number of carbonyl (C=O) groups excluding carboxylic acids is 6. The fourth-order valence-electron chi connectivity index (χ4n) is 22.1. The van der Waals surface area contributed by atoms with Crippen molar-refractivity contribution in [2.24, 2.45) is 33.5 Å². The molecule has 7 N–H and O–H groups in total. The number of ketones is 2. The third kappa shape index (κ3) is 17.0. The van der Waals surface area contributed by atoms with Gasteiger partial charge in [0.05, 0.1) is 71.4 Å². The highest BCUT2D eigenvalue weighted by molar-refractivity contribution is 7.19. The van der Waals surface area contributed by atoms with Crippen LogP contribution in [0.2, 0.25) is 0 Å². The monoisotopic (exact) mass is 1740 g/mol. The lowest BCUT2D eigenvalue weighted by atomic mass is 9.44. The quantitative estimate of drug-likeness (QED) is 0.0123. The van der Waals surface area contributed by atoms with Crippen molar-refractivity contribution in [3.05, 3.63) is 309 Å². The van der Waals surface area contributed by atoms with Crippen molar-refractivity contribution in [2.75, 3.05) is 13.2 Å². The second-order valence-corrected chi connectivity index (χ2v) is 46.2. The van der Waals surface area contributed by atoms with E-state index in [0.717, 1.165) is 34.8 Å². The summed E-state index contributed by atoms with van der Waals surface area (Å²) in [7, 11) is -5.22. The molecule has 8 aliphatic rings. The summed E-state index contributed by atoms with van der Waals surface area (Å²) in [4.78, 5) is 84.0. The average molecular weight is 1740 g/mol. The van der Waals surface area contributed by atoms with E-state index in [2.05, 4.69) is 127 Å². The summed E-state index contributed by atoms with van der Waals surface area (Å²) in [6.45, 7) is 15.2. The molecule has 0 aromatic heterocycles. The number of fused-ring (bicyclic) bond motifs is 10. The topological polar surface area (TPSA) is 309 Å². The van der Waals surface area contributed by atoms with Crippen LogP contribution in [-0.2, 0) is 88.3 Å². The fraction of sp³-hybridized carbons (Fsp3) is 0.426. The SMILES string of the molecule is C.CC(=O)O[C@@]12CO[C@@H]1C[C@H](O)[C@@]1(C)C(=O)[C@H](O)C3=C(C)[C@@H](O)C[C@@](O)([C@@H](OC(=O)c4ccccc4)C12)C3(C)C.CC(=O)O[C@@]12CO[C@@H]1C[C@H](O[Si](Cc1ccccc1)(Cc1ccccc1)Cc1ccccc1)[C@@]1(C)C(=O)[C@H](O)C3=C(C)[C@@H](O)C[C@@](O)([C@@H](OC(=O)c4ccccc4)C12)C3(C)C.Cl[Si](Cc1ccccc1)(Cc1ccccc1)Cc1ccccc1. The summed E-state index contributed by atoms with van der Waals surface area (Å²) in [6.07, 6.45) is -14.0. The van der Waals surface area contributed by atoms with E-state index in [9.17, 15) is 59.7 Å². The second kappa shape index (κ2) is 36.3. The Morgan fingerprint density at radius 1 is 0.427 bits per heavy atom. The minimum absolute atomic E-state index is 0. The zero-order valence-corrected chi connectivity index (χ0v) is 74.1. The Kier molecular flexibility index (Phi) is 27.0. The standard InChI is InChI=1S/C50H56O10Si.C29H36O10.C21H21ClSi.CH4/c1-32-38(52)27-50(56)45(58-46(55)37-24-16-9-17-25-37)43-48(5,44(54)42(53)41(32)47(50,3)4)39(26-40-49(43,31-57-40)59-33(2)51)60-61(28-34-18-10-6-11-19-34,29-35-20-12-7-13-21-35)30-36-22-14-8-15-23-36;1-14-17(31)12-29(36)24(38-25(35)16-9-7-6-8-10-16)22-27(5,23(34)21(33)20(14)26(29,3)4)18(32)11-19-28(22,13-37-19)39-15(2)30;22-23(16-19-10-4-1-5-11-19,17-20-12-6-2-7-13-20)18-21-14-8-3-9-15-21;/h6-25,38-40,42-43,45,52-53,56H,26-31H2,1-5H3;6-10,17-19,21-22,24,31-33,36H,11-13H2,1-5H3;1-15H,16-18H2;1H4/t38-,39-,40+,42+,43?,45-,48+,49-,50+;17-,18-,19+,21+,22?,24-,27+,28-,29+;;/m00../s1. The molecule has 0 spiro atoms. The largest absolute Gasteiger partial charge is 0.455 e. The second-order valence-electron chi connectivity index (χ2n) is 36.8. The molecule has 18 atom stereocenters. The van der Waals surface area contributed by atoms with Crippen LogP contribution in [0, 0.1) is 33.5 Å². The highest BCUT2D eigenvalue weighted by Gasteiger charge is 2.80. The van der Waals surface area contributed by atoms with E-state index in [1.165, 1.54) is 49.6 Å². The highest BCUT2D eigenvalue weighted by Crippen LogP contribution is 2.67. The number of hydrogen-bond donors (Lipinski definition) is 7. The van der Waals surface area contributed by atoms with Crippen molar-refractivity contribution in [3.8, 4) is 0 Å². The molecule has 0 radical (unpaired) electrons. The number of aliphatic hydroxyl groups excluding tert-OH is 5. The Bertz CT molecular complexity index is 5000. The summed E-state index contributed by atoms with van der Waals surface area (Å²) in [5.41, 5.74) is -5.21. The summed E-state index contributed by atoms with van der Waals surface area (Å²) >= 11 is 7.28. The van der Waals surface area contributed by atoms with Gasteiger partial charge in [-0.15, -0.1) is 0 Å². The van der Waals surface area contributed by atoms with Gasteiger partial charge in [-0.25, -0.2) is 9.59 Å². The van der Waals surface area contributed by atoms with Crippen molar-refractivity contribution < 1.29 is 97.4 Å². The molecule has 656 valence electrons. The van der Waals surface area contributed by atoms with Gasteiger partial charge in [0.15, 0.2) is 30.2 Å². The van der Waals surface area contributed by atoms with Gasteiger partial charge < -0.3 is 68.6 Å². The Morgan fingerprint density at radius 3 is 1.01 bits per heavy atom.